The fourth-order valence-corrected chi connectivity index (χ4v) is 5.03. The van der Waals surface area contributed by atoms with Crippen LogP contribution in [0.4, 0.5) is 0 Å². The topological polar surface area (TPSA) is 83.5 Å². The fourth-order valence-electron chi connectivity index (χ4n) is 5.03. The standard InChI is InChI=1S/C37H32O7/c1-40-30-18-17-28(19-31(30)42-23-26-13-7-3-8-14-26)37-36(39)35(38)34-32(43-24-27-15-9-4-10-16-27)20-29(21-33(34)44-37)41-22-25-11-5-2-6-12-25/h2-21,36-37,39H,22-24H2,1H3. The molecule has 0 radical (unpaired) electrons. The van der Waals surface area contributed by atoms with Crippen LogP contribution in [0.15, 0.2) is 121 Å². The van der Waals surface area contributed by atoms with E-state index in [1.807, 2.05) is 91.0 Å². The first-order valence-electron chi connectivity index (χ1n) is 14.3. The van der Waals surface area contributed by atoms with Crippen LogP contribution in [0.5, 0.6) is 28.7 Å². The molecule has 0 spiro atoms. The van der Waals surface area contributed by atoms with Crippen LogP contribution in [0.1, 0.15) is 38.7 Å². The van der Waals surface area contributed by atoms with Crippen molar-refractivity contribution in [3.63, 3.8) is 0 Å². The molecular formula is C37H32O7. The van der Waals surface area contributed by atoms with Crippen molar-refractivity contribution >= 4 is 5.78 Å². The van der Waals surface area contributed by atoms with Gasteiger partial charge in [-0.15, -0.1) is 0 Å². The maximum Gasteiger partial charge on any atom is 0.202 e. The lowest BCUT2D eigenvalue weighted by Gasteiger charge is -2.31. The first-order valence-corrected chi connectivity index (χ1v) is 14.3. The predicted octanol–water partition coefficient (Wildman–Crippen LogP) is 7.11. The largest absolute Gasteiger partial charge is 0.493 e. The summed E-state index contributed by atoms with van der Waals surface area (Å²) in [6.07, 6.45) is -2.47. The molecule has 0 amide bonds. The van der Waals surface area contributed by atoms with Crippen LogP contribution in [0.3, 0.4) is 0 Å². The number of methoxy groups -OCH3 is 1. The SMILES string of the molecule is COc1ccc(C2Oc3cc(OCc4ccccc4)cc(OCc4ccccc4)c3C(=O)C2O)cc1OCc1ccccc1. The lowest BCUT2D eigenvalue weighted by Crippen LogP contribution is -2.36. The van der Waals surface area contributed by atoms with Crippen LogP contribution in [0.2, 0.25) is 0 Å². The van der Waals surface area contributed by atoms with Crippen molar-refractivity contribution in [1.82, 2.24) is 0 Å². The van der Waals surface area contributed by atoms with Crippen molar-refractivity contribution in [3.8, 4) is 28.7 Å². The van der Waals surface area contributed by atoms with E-state index in [9.17, 15) is 9.90 Å². The highest BCUT2D eigenvalue weighted by Gasteiger charge is 2.40. The first kappa shape index (κ1) is 28.8. The van der Waals surface area contributed by atoms with E-state index in [1.165, 1.54) is 0 Å². The van der Waals surface area contributed by atoms with Gasteiger partial charge in [0, 0.05) is 12.1 Å². The molecule has 7 nitrogen and oxygen atoms in total. The Kier molecular flexibility index (Phi) is 8.75. The third kappa shape index (κ3) is 6.53. The Balaban J connectivity index is 1.31. The molecule has 1 aliphatic heterocycles. The molecule has 0 saturated heterocycles. The number of aliphatic hydroxyl groups excluding tert-OH is 1. The monoisotopic (exact) mass is 588 g/mol. The van der Waals surface area contributed by atoms with Crippen LogP contribution < -0.4 is 23.7 Å². The Bertz CT molecular complexity index is 1710. The number of fused-ring (bicyclic) bond motifs is 1. The predicted molar refractivity (Wildman–Crippen MR) is 165 cm³/mol. The molecule has 7 heteroatoms. The van der Waals surface area contributed by atoms with Crippen LogP contribution in [0, 0.1) is 0 Å². The Hall–Kier alpha value is -5.27. The number of ketones is 1. The Labute approximate surface area is 256 Å². The number of Topliss-reactive ketones (excluding diaryl/α,β-unsaturated/α-hetero) is 1. The summed E-state index contributed by atoms with van der Waals surface area (Å²) in [5.74, 6) is 1.50. The molecule has 0 saturated carbocycles. The fraction of sp³-hybridized carbons (Fsp3) is 0.162. The average molecular weight is 589 g/mol. The summed E-state index contributed by atoms with van der Waals surface area (Å²) >= 11 is 0. The number of carbonyl (C=O) groups excluding carboxylic acids is 1. The minimum atomic E-state index is -1.48. The van der Waals surface area contributed by atoms with Gasteiger partial charge in [0.2, 0.25) is 5.78 Å². The zero-order chi connectivity index (χ0) is 30.3. The summed E-state index contributed by atoms with van der Waals surface area (Å²) in [6.45, 7) is 0.863. The van der Waals surface area contributed by atoms with Gasteiger partial charge < -0.3 is 28.8 Å². The van der Waals surface area contributed by atoms with Crippen LogP contribution in [0.25, 0.3) is 0 Å². The highest BCUT2D eigenvalue weighted by atomic mass is 16.5. The molecule has 0 fully saturated rings. The number of hydrogen-bond donors (Lipinski definition) is 1. The molecule has 0 aromatic heterocycles. The smallest absolute Gasteiger partial charge is 0.202 e. The van der Waals surface area contributed by atoms with Gasteiger partial charge in [-0.05, 0) is 34.4 Å². The average Bonchev–Trinajstić information content (AvgIpc) is 3.08. The van der Waals surface area contributed by atoms with E-state index < -0.39 is 18.0 Å². The number of ether oxygens (including phenoxy) is 5. The molecule has 222 valence electrons. The number of carbonyl (C=O) groups is 1. The van der Waals surface area contributed by atoms with Crippen molar-refractivity contribution < 1.29 is 33.6 Å². The summed E-state index contributed by atoms with van der Waals surface area (Å²) in [4.78, 5) is 13.7. The van der Waals surface area contributed by atoms with Gasteiger partial charge in [-0.25, -0.2) is 0 Å². The summed E-state index contributed by atoms with van der Waals surface area (Å²) in [5, 5.41) is 11.3. The molecular weight excluding hydrogens is 556 g/mol. The summed E-state index contributed by atoms with van der Waals surface area (Å²) in [6, 6.07) is 37.7. The zero-order valence-corrected chi connectivity index (χ0v) is 24.2. The second kappa shape index (κ2) is 13.4. The molecule has 0 aliphatic carbocycles. The van der Waals surface area contributed by atoms with Gasteiger partial charge in [-0.2, -0.15) is 0 Å². The van der Waals surface area contributed by atoms with E-state index in [0.717, 1.165) is 16.7 Å². The maximum atomic E-state index is 13.7. The first-order chi connectivity index (χ1) is 21.6. The van der Waals surface area contributed by atoms with Crippen molar-refractivity contribution in [2.24, 2.45) is 0 Å². The van der Waals surface area contributed by atoms with Crippen LogP contribution >= 0.6 is 0 Å². The van der Waals surface area contributed by atoms with Gasteiger partial charge in [-0.3, -0.25) is 4.79 Å². The van der Waals surface area contributed by atoms with Crippen LogP contribution in [-0.4, -0.2) is 24.1 Å². The third-order valence-corrected chi connectivity index (χ3v) is 7.33. The highest BCUT2D eigenvalue weighted by molar-refractivity contribution is 6.05. The normalized spacial score (nSPS) is 15.5. The van der Waals surface area contributed by atoms with Crippen molar-refractivity contribution in [1.29, 1.82) is 0 Å². The molecule has 1 heterocycles. The van der Waals surface area contributed by atoms with Gasteiger partial charge >= 0.3 is 0 Å². The summed E-state index contributed by atoms with van der Waals surface area (Å²) in [5.41, 5.74) is 3.64. The quantitative estimate of drug-likeness (QED) is 0.176. The molecule has 44 heavy (non-hydrogen) atoms. The van der Waals surface area contributed by atoms with E-state index in [-0.39, 0.29) is 23.7 Å². The van der Waals surface area contributed by atoms with Crippen molar-refractivity contribution in [3.05, 3.63) is 149 Å². The van der Waals surface area contributed by atoms with E-state index in [4.69, 9.17) is 23.7 Å². The molecule has 1 N–H and O–H groups in total. The molecule has 2 atom stereocenters. The van der Waals surface area contributed by atoms with Gasteiger partial charge in [-0.1, -0.05) is 97.1 Å². The van der Waals surface area contributed by atoms with E-state index >= 15 is 0 Å². The van der Waals surface area contributed by atoms with E-state index in [1.54, 1.807) is 37.4 Å². The minimum absolute atomic E-state index is 0.172. The number of benzene rings is 5. The minimum Gasteiger partial charge on any atom is -0.493 e. The Morgan fingerprint density at radius 1 is 0.636 bits per heavy atom. The van der Waals surface area contributed by atoms with Crippen LogP contribution in [-0.2, 0) is 19.8 Å². The number of hydrogen-bond acceptors (Lipinski definition) is 7. The molecule has 5 aromatic rings. The van der Waals surface area contributed by atoms with Gasteiger partial charge in [0.25, 0.3) is 0 Å². The van der Waals surface area contributed by atoms with Gasteiger partial charge in [0.1, 0.15) is 42.6 Å². The number of aliphatic hydroxyl groups is 1. The zero-order valence-electron chi connectivity index (χ0n) is 24.2. The summed E-state index contributed by atoms with van der Waals surface area (Å²) < 4.78 is 30.2. The molecule has 1 aliphatic rings. The van der Waals surface area contributed by atoms with Gasteiger partial charge in [0.15, 0.2) is 23.7 Å². The second-order valence-electron chi connectivity index (χ2n) is 10.4. The Morgan fingerprint density at radius 3 is 1.75 bits per heavy atom. The van der Waals surface area contributed by atoms with E-state index in [2.05, 4.69) is 0 Å². The molecule has 0 bridgehead atoms. The second-order valence-corrected chi connectivity index (χ2v) is 10.4. The lowest BCUT2D eigenvalue weighted by molar-refractivity contribution is 0.0207. The number of rotatable bonds is 11. The molecule has 6 rings (SSSR count). The van der Waals surface area contributed by atoms with Crippen molar-refractivity contribution in [2.75, 3.05) is 7.11 Å². The molecule has 5 aromatic carbocycles. The maximum absolute atomic E-state index is 13.7. The van der Waals surface area contributed by atoms with E-state index in [0.29, 0.717) is 36.0 Å². The highest BCUT2D eigenvalue weighted by Crippen LogP contribution is 2.44. The third-order valence-electron chi connectivity index (χ3n) is 7.33. The summed E-state index contributed by atoms with van der Waals surface area (Å²) in [7, 11) is 1.56. The lowest BCUT2D eigenvalue weighted by atomic mass is 9.92. The Morgan fingerprint density at radius 2 is 1.18 bits per heavy atom. The molecule has 2 unspecified atom stereocenters. The van der Waals surface area contributed by atoms with Crippen molar-refractivity contribution in [2.45, 2.75) is 32.0 Å². The van der Waals surface area contributed by atoms with Gasteiger partial charge in [0.05, 0.1) is 7.11 Å².